The monoisotopic (exact) mass is 465 g/mol. The molecule has 2 aromatic carbocycles. The highest BCUT2D eigenvalue weighted by molar-refractivity contribution is 6.04. The van der Waals surface area contributed by atoms with Gasteiger partial charge in [0.1, 0.15) is 0 Å². The molecule has 0 unspecified atom stereocenters. The highest BCUT2D eigenvalue weighted by atomic mass is 16.6. The molecule has 0 spiro atoms. The van der Waals surface area contributed by atoms with Gasteiger partial charge in [0.2, 0.25) is 5.91 Å². The van der Waals surface area contributed by atoms with Crippen LogP contribution in [0.5, 0.6) is 5.75 Å². The number of amides is 2. The van der Waals surface area contributed by atoms with Crippen LogP contribution < -0.4 is 10.1 Å². The summed E-state index contributed by atoms with van der Waals surface area (Å²) in [5, 5.41) is 3.67. The second-order valence-electron chi connectivity index (χ2n) is 7.82. The summed E-state index contributed by atoms with van der Waals surface area (Å²) >= 11 is 0. The van der Waals surface area contributed by atoms with E-state index in [2.05, 4.69) is 26.8 Å². The SMILES string of the molecule is CCN(CC)C(=O)Oc1ccc2c(ccn2Cc2ccccc2)c1NC(=O)CCCC(=O)OC. The Balaban J connectivity index is 1.90. The van der Waals surface area contributed by atoms with Gasteiger partial charge in [0, 0.05) is 44.1 Å². The Labute approximate surface area is 199 Å². The van der Waals surface area contributed by atoms with Gasteiger partial charge in [0.25, 0.3) is 0 Å². The minimum absolute atomic E-state index is 0.139. The summed E-state index contributed by atoms with van der Waals surface area (Å²) in [7, 11) is 1.32. The molecular weight excluding hydrogens is 434 g/mol. The topological polar surface area (TPSA) is 89.9 Å². The molecule has 0 radical (unpaired) electrons. The average Bonchev–Trinajstić information content (AvgIpc) is 3.24. The van der Waals surface area contributed by atoms with E-state index >= 15 is 0 Å². The number of nitrogens with zero attached hydrogens (tertiary/aromatic N) is 2. The predicted molar refractivity (Wildman–Crippen MR) is 131 cm³/mol. The third-order valence-electron chi connectivity index (χ3n) is 5.61. The second kappa shape index (κ2) is 11.9. The molecule has 180 valence electrons. The molecule has 0 atom stereocenters. The van der Waals surface area contributed by atoms with E-state index < -0.39 is 6.09 Å². The highest BCUT2D eigenvalue weighted by Crippen LogP contribution is 2.35. The summed E-state index contributed by atoms with van der Waals surface area (Å²) in [6.07, 6.45) is 2.12. The summed E-state index contributed by atoms with van der Waals surface area (Å²) in [5.74, 6) is -0.350. The van der Waals surface area contributed by atoms with E-state index in [1.807, 2.05) is 50.4 Å². The lowest BCUT2D eigenvalue weighted by atomic mass is 10.1. The van der Waals surface area contributed by atoms with Crippen molar-refractivity contribution in [1.82, 2.24) is 9.47 Å². The first kappa shape index (κ1) is 24.8. The zero-order chi connectivity index (χ0) is 24.5. The zero-order valence-electron chi connectivity index (χ0n) is 19.9. The van der Waals surface area contributed by atoms with Crippen LogP contribution in [0, 0.1) is 0 Å². The van der Waals surface area contributed by atoms with Gasteiger partial charge in [0.05, 0.1) is 18.3 Å². The van der Waals surface area contributed by atoms with Gasteiger partial charge in [-0.15, -0.1) is 0 Å². The van der Waals surface area contributed by atoms with Gasteiger partial charge in [-0.2, -0.15) is 0 Å². The molecule has 1 N–H and O–H groups in total. The third kappa shape index (κ3) is 6.15. The van der Waals surface area contributed by atoms with Crippen molar-refractivity contribution in [3.63, 3.8) is 0 Å². The summed E-state index contributed by atoms with van der Waals surface area (Å²) in [6, 6.07) is 15.5. The maximum absolute atomic E-state index is 12.7. The summed E-state index contributed by atoms with van der Waals surface area (Å²) in [6.45, 7) is 5.44. The number of anilines is 1. The maximum Gasteiger partial charge on any atom is 0.415 e. The van der Waals surface area contributed by atoms with Crippen LogP contribution in [-0.2, 0) is 20.9 Å². The van der Waals surface area contributed by atoms with Crippen molar-refractivity contribution in [1.29, 1.82) is 0 Å². The molecular formula is C26H31N3O5. The van der Waals surface area contributed by atoms with Crippen molar-refractivity contribution >= 4 is 34.6 Å². The molecule has 2 amide bonds. The summed E-state index contributed by atoms with van der Waals surface area (Å²) in [4.78, 5) is 38.2. The summed E-state index contributed by atoms with van der Waals surface area (Å²) in [5.41, 5.74) is 2.48. The molecule has 0 aliphatic carbocycles. The minimum Gasteiger partial charge on any atom is -0.469 e. The second-order valence-corrected chi connectivity index (χ2v) is 7.82. The van der Waals surface area contributed by atoms with Crippen molar-refractivity contribution in [3.8, 4) is 5.75 Å². The van der Waals surface area contributed by atoms with Crippen LogP contribution in [0.4, 0.5) is 10.5 Å². The number of ether oxygens (including phenoxy) is 2. The molecule has 0 saturated heterocycles. The van der Waals surface area contributed by atoms with Crippen LogP contribution in [0.1, 0.15) is 38.7 Å². The lowest BCUT2D eigenvalue weighted by molar-refractivity contribution is -0.140. The predicted octanol–water partition coefficient (Wildman–Crippen LogP) is 4.81. The van der Waals surface area contributed by atoms with Crippen LogP contribution in [0.15, 0.2) is 54.7 Å². The van der Waals surface area contributed by atoms with E-state index in [0.29, 0.717) is 31.7 Å². The van der Waals surface area contributed by atoms with E-state index in [9.17, 15) is 14.4 Å². The Bertz CT molecular complexity index is 1140. The molecule has 34 heavy (non-hydrogen) atoms. The van der Waals surface area contributed by atoms with E-state index in [1.54, 1.807) is 11.0 Å². The molecule has 0 aliphatic rings. The number of rotatable bonds is 10. The Morgan fingerprint density at radius 3 is 2.38 bits per heavy atom. The molecule has 3 rings (SSSR count). The first-order valence-electron chi connectivity index (χ1n) is 11.5. The maximum atomic E-state index is 12.7. The van der Waals surface area contributed by atoms with E-state index in [1.165, 1.54) is 7.11 Å². The molecule has 1 aromatic heterocycles. The molecule has 0 saturated carbocycles. The van der Waals surface area contributed by atoms with Crippen molar-refractivity contribution in [2.45, 2.75) is 39.7 Å². The van der Waals surface area contributed by atoms with Gasteiger partial charge < -0.3 is 24.3 Å². The smallest absolute Gasteiger partial charge is 0.415 e. The average molecular weight is 466 g/mol. The van der Waals surface area contributed by atoms with Gasteiger partial charge >= 0.3 is 12.1 Å². The van der Waals surface area contributed by atoms with Gasteiger partial charge in [-0.1, -0.05) is 30.3 Å². The van der Waals surface area contributed by atoms with Crippen molar-refractivity contribution in [2.24, 2.45) is 0 Å². The number of hydrogen-bond acceptors (Lipinski definition) is 5. The number of aromatic nitrogens is 1. The fourth-order valence-electron chi connectivity index (χ4n) is 3.72. The van der Waals surface area contributed by atoms with Gasteiger partial charge in [0.15, 0.2) is 5.75 Å². The molecule has 0 aliphatic heterocycles. The number of carbonyl (C=O) groups excluding carboxylic acids is 3. The Hall–Kier alpha value is -3.81. The number of methoxy groups -OCH3 is 1. The van der Waals surface area contributed by atoms with Crippen molar-refractivity contribution < 1.29 is 23.9 Å². The van der Waals surface area contributed by atoms with Gasteiger partial charge in [-0.25, -0.2) is 4.79 Å². The lowest BCUT2D eigenvalue weighted by Gasteiger charge is -2.20. The molecule has 8 nitrogen and oxygen atoms in total. The van der Waals surface area contributed by atoms with E-state index in [-0.39, 0.29) is 30.5 Å². The largest absolute Gasteiger partial charge is 0.469 e. The number of nitrogens with one attached hydrogen (secondary N) is 1. The Morgan fingerprint density at radius 1 is 0.971 bits per heavy atom. The normalized spacial score (nSPS) is 10.7. The first-order valence-corrected chi connectivity index (χ1v) is 11.5. The fraction of sp³-hybridized carbons (Fsp3) is 0.346. The number of benzene rings is 2. The number of esters is 1. The molecule has 1 heterocycles. The minimum atomic E-state index is -0.478. The number of fused-ring (bicyclic) bond motifs is 1. The van der Waals surface area contributed by atoms with Crippen molar-refractivity contribution in [2.75, 3.05) is 25.5 Å². The van der Waals surface area contributed by atoms with E-state index in [4.69, 9.17) is 4.74 Å². The van der Waals surface area contributed by atoms with Crippen LogP contribution in [-0.4, -0.2) is 47.6 Å². The number of carbonyl (C=O) groups is 3. The van der Waals surface area contributed by atoms with Crippen LogP contribution in [0.3, 0.4) is 0 Å². The van der Waals surface area contributed by atoms with Gasteiger partial charge in [-0.3, -0.25) is 9.59 Å². The number of hydrogen-bond donors (Lipinski definition) is 1. The third-order valence-corrected chi connectivity index (χ3v) is 5.61. The molecule has 0 fully saturated rings. The lowest BCUT2D eigenvalue weighted by Crippen LogP contribution is -2.33. The molecule has 0 bridgehead atoms. The van der Waals surface area contributed by atoms with E-state index in [0.717, 1.165) is 16.5 Å². The fourth-order valence-corrected chi connectivity index (χ4v) is 3.72. The van der Waals surface area contributed by atoms with Crippen molar-refractivity contribution in [3.05, 3.63) is 60.3 Å². The highest BCUT2D eigenvalue weighted by Gasteiger charge is 2.19. The Kier molecular flexibility index (Phi) is 8.67. The quantitative estimate of drug-likeness (QED) is 0.434. The standard InChI is InChI=1S/C26H31N3O5/c1-4-28(5-2)26(32)34-22-15-14-21-20(16-17-29(21)18-19-10-7-6-8-11-19)25(22)27-23(30)12-9-13-24(31)33-3/h6-8,10-11,14-17H,4-5,9,12-13,18H2,1-3H3,(H,27,30). The van der Waals surface area contributed by atoms with Crippen LogP contribution in [0.2, 0.25) is 0 Å². The summed E-state index contributed by atoms with van der Waals surface area (Å²) < 4.78 is 12.4. The molecule has 3 aromatic rings. The zero-order valence-corrected chi connectivity index (χ0v) is 19.9. The first-order chi connectivity index (χ1) is 16.5. The van der Waals surface area contributed by atoms with Crippen LogP contribution >= 0.6 is 0 Å². The van der Waals surface area contributed by atoms with Crippen LogP contribution in [0.25, 0.3) is 10.9 Å². The Morgan fingerprint density at radius 2 is 1.71 bits per heavy atom. The van der Waals surface area contributed by atoms with Gasteiger partial charge in [-0.05, 0) is 44.0 Å². The molecule has 8 heteroatoms.